The van der Waals surface area contributed by atoms with Crippen molar-refractivity contribution in [2.75, 3.05) is 6.54 Å². The number of unbranched alkanes of at least 4 members (excludes halogenated alkanes) is 1. The molecule has 6 heteroatoms. The Morgan fingerprint density at radius 1 is 1.47 bits per heavy atom. The molecule has 5 nitrogen and oxygen atoms in total. The topological polar surface area (TPSA) is 70.8 Å². The molecule has 0 saturated heterocycles. The molecule has 0 unspecified atom stereocenters. The zero-order valence-electron chi connectivity index (χ0n) is 11.4. The van der Waals surface area contributed by atoms with E-state index in [-0.39, 0.29) is 17.5 Å². The molecule has 1 aromatic heterocycles. The van der Waals surface area contributed by atoms with Crippen LogP contribution in [0.5, 0.6) is 0 Å². The van der Waals surface area contributed by atoms with Crippen LogP contribution in [0.15, 0.2) is 15.4 Å². The summed E-state index contributed by atoms with van der Waals surface area (Å²) in [6.07, 6.45) is 3.70. The predicted molar refractivity (Wildman–Crippen MR) is 71.2 cm³/mol. The number of furan rings is 1. The van der Waals surface area contributed by atoms with Crippen molar-refractivity contribution in [2.45, 2.75) is 57.1 Å². The molecular weight excluding hydrogens is 266 g/mol. The summed E-state index contributed by atoms with van der Waals surface area (Å²) < 4.78 is 32.1. The standard InChI is InChI=1S/C13H21NO4S/c1-3-4-7-14(11-5-6-11)19(16,17)13-8-12(9-15)18-10(13)2/h8,11,15H,3-7,9H2,1-2H3. The molecule has 1 heterocycles. The van der Waals surface area contributed by atoms with E-state index in [4.69, 9.17) is 9.52 Å². The Morgan fingerprint density at radius 2 is 2.16 bits per heavy atom. The van der Waals surface area contributed by atoms with Gasteiger partial charge in [0.05, 0.1) is 0 Å². The number of nitrogens with zero attached hydrogens (tertiary/aromatic N) is 1. The zero-order valence-corrected chi connectivity index (χ0v) is 12.2. The van der Waals surface area contributed by atoms with Gasteiger partial charge in [-0.2, -0.15) is 4.31 Å². The van der Waals surface area contributed by atoms with E-state index in [1.165, 1.54) is 6.07 Å². The van der Waals surface area contributed by atoms with Gasteiger partial charge in [-0.1, -0.05) is 13.3 Å². The third-order valence-electron chi connectivity index (χ3n) is 3.35. The molecule has 19 heavy (non-hydrogen) atoms. The average molecular weight is 287 g/mol. The van der Waals surface area contributed by atoms with Crippen LogP contribution < -0.4 is 0 Å². The summed E-state index contributed by atoms with van der Waals surface area (Å²) in [6, 6.07) is 1.58. The van der Waals surface area contributed by atoms with Crippen LogP contribution in [0.4, 0.5) is 0 Å². The van der Waals surface area contributed by atoms with Crippen LogP contribution in [-0.4, -0.2) is 30.4 Å². The summed E-state index contributed by atoms with van der Waals surface area (Å²) in [6.45, 7) is 3.94. The van der Waals surface area contributed by atoms with Gasteiger partial charge in [-0.25, -0.2) is 8.42 Å². The van der Waals surface area contributed by atoms with Gasteiger partial charge in [0.15, 0.2) is 0 Å². The normalized spacial score (nSPS) is 16.2. The maximum Gasteiger partial charge on any atom is 0.246 e. The zero-order chi connectivity index (χ0) is 14.0. The molecule has 0 atom stereocenters. The summed E-state index contributed by atoms with van der Waals surface area (Å²) >= 11 is 0. The van der Waals surface area contributed by atoms with Crippen molar-refractivity contribution < 1.29 is 17.9 Å². The Balaban J connectivity index is 2.30. The van der Waals surface area contributed by atoms with E-state index in [9.17, 15) is 8.42 Å². The fraction of sp³-hybridized carbons (Fsp3) is 0.692. The lowest BCUT2D eigenvalue weighted by atomic mass is 10.3. The highest BCUT2D eigenvalue weighted by atomic mass is 32.2. The van der Waals surface area contributed by atoms with Crippen LogP contribution in [-0.2, 0) is 16.6 Å². The first-order valence-electron chi connectivity index (χ1n) is 6.72. The molecule has 0 aliphatic heterocycles. The van der Waals surface area contributed by atoms with E-state index in [0.29, 0.717) is 18.1 Å². The molecule has 1 aliphatic rings. The van der Waals surface area contributed by atoms with E-state index in [1.807, 2.05) is 6.92 Å². The first-order valence-corrected chi connectivity index (χ1v) is 8.16. The largest absolute Gasteiger partial charge is 0.462 e. The molecule has 0 spiro atoms. The van der Waals surface area contributed by atoms with E-state index in [0.717, 1.165) is 25.7 Å². The summed E-state index contributed by atoms with van der Waals surface area (Å²) in [5.74, 6) is 0.647. The number of aryl methyl sites for hydroxylation is 1. The number of hydrogen-bond donors (Lipinski definition) is 1. The van der Waals surface area contributed by atoms with Crippen molar-refractivity contribution in [1.82, 2.24) is 4.31 Å². The second-order valence-electron chi connectivity index (χ2n) is 4.99. The van der Waals surface area contributed by atoms with Crippen LogP contribution in [0.1, 0.15) is 44.1 Å². The molecule has 1 N–H and O–H groups in total. The number of hydrogen-bond acceptors (Lipinski definition) is 4. The predicted octanol–water partition coefficient (Wildman–Crippen LogP) is 2.03. The molecule has 1 fully saturated rings. The average Bonchev–Trinajstić information content (AvgIpc) is 3.11. The smallest absolute Gasteiger partial charge is 0.246 e. The quantitative estimate of drug-likeness (QED) is 0.833. The minimum absolute atomic E-state index is 0.142. The molecule has 0 aromatic carbocycles. The Kier molecular flexibility index (Phi) is 4.32. The highest BCUT2D eigenvalue weighted by molar-refractivity contribution is 7.89. The third kappa shape index (κ3) is 3.01. The summed E-state index contributed by atoms with van der Waals surface area (Å²) in [5, 5.41) is 9.04. The van der Waals surface area contributed by atoms with Crippen LogP contribution in [0.3, 0.4) is 0 Å². The lowest BCUT2D eigenvalue weighted by Gasteiger charge is -2.21. The second-order valence-corrected chi connectivity index (χ2v) is 6.85. The van der Waals surface area contributed by atoms with Gasteiger partial charge in [-0.15, -0.1) is 0 Å². The van der Waals surface area contributed by atoms with Gasteiger partial charge in [-0.3, -0.25) is 0 Å². The highest BCUT2D eigenvalue weighted by Gasteiger charge is 2.39. The number of rotatable bonds is 7. The highest BCUT2D eigenvalue weighted by Crippen LogP contribution is 2.34. The van der Waals surface area contributed by atoms with Gasteiger partial charge in [-0.05, 0) is 26.2 Å². The van der Waals surface area contributed by atoms with Crippen molar-refractivity contribution in [2.24, 2.45) is 0 Å². The summed E-state index contributed by atoms with van der Waals surface area (Å²) in [5.41, 5.74) is 0. The van der Waals surface area contributed by atoms with Gasteiger partial charge in [0, 0.05) is 18.7 Å². The van der Waals surface area contributed by atoms with Crippen molar-refractivity contribution in [3.8, 4) is 0 Å². The first kappa shape index (κ1) is 14.6. The van der Waals surface area contributed by atoms with Gasteiger partial charge in [0.1, 0.15) is 23.0 Å². The molecular formula is C13H21NO4S. The van der Waals surface area contributed by atoms with Gasteiger partial charge >= 0.3 is 0 Å². The minimum atomic E-state index is -3.50. The Hall–Kier alpha value is -0.850. The molecule has 1 saturated carbocycles. The first-order chi connectivity index (χ1) is 9.00. The summed E-state index contributed by atoms with van der Waals surface area (Å²) in [4.78, 5) is 0.194. The van der Waals surface area contributed by atoms with E-state index in [1.54, 1.807) is 11.2 Å². The SMILES string of the molecule is CCCCN(C1CC1)S(=O)(=O)c1cc(CO)oc1C. The number of aliphatic hydroxyl groups is 1. The van der Waals surface area contributed by atoms with Crippen molar-refractivity contribution in [3.63, 3.8) is 0 Å². The maximum absolute atomic E-state index is 12.7. The Morgan fingerprint density at radius 3 is 2.63 bits per heavy atom. The lowest BCUT2D eigenvalue weighted by Crippen LogP contribution is -2.34. The molecule has 1 aliphatic carbocycles. The fourth-order valence-corrected chi connectivity index (χ4v) is 4.07. The summed E-state index contributed by atoms with van der Waals surface area (Å²) in [7, 11) is -3.50. The van der Waals surface area contributed by atoms with Crippen molar-refractivity contribution in [3.05, 3.63) is 17.6 Å². The van der Waals surface area contributed by atoms with E-state index >= 15 is 0 Å². The number of sulfonamides is 1. The van der Waals surface area contributed by atoms with Gasteiger partial charge in [0.25, 0.3) is 0 Å². The Bertz CT molecular complexity index is 531. The van der Waals surface area contributed by atoms with Gasteiger partial charge in [0.2, 0.25) is 10.0 Å². The van der Waals surface area contributed by atoms with Crippen LogP contribution >= 0.6 is 0 Å². The number of aliphatic hydroxyl groups excluding tert-OH is 1. The van der Waals surface area contributed by atoms with Crippen molar-refractivity contribution in [1.29, 1.82) is 0 Å². The fourth-order valence-electron chi connectivity index (χ4n) is 2.16. The molecule has 2 rings (SSSR count). The van der Waals surface area contributed by atoms with E-state index < -0.39 is 10.0 Å². The van der Waals surface area contributed by atoms with Crippen molar-refractivity contribution >= 4 is 10.0 Å². The molecule has 0 amide bonds. The Labute approximate surface area is 114 Å². The second kappa shape index (κ2) is 5.64. The lowest BCUT2D eigenvalue weighted by molar-refractivity contribution is 0.244. The monoisotopic (exact) mass is 287 g/mol. The van der Waals surface area contributed by atoms with Gasteiger partial charge < -0.3 is 9.52 Å². The molecule has 108 valence electrons. The van der Waals surface area contributed by atoms with Crippen LogP contribution in [0.25, 0.3) is 0 Å². The minimum Gasteiger partial charge on any atom is -0.462 e. The maximum atomic E-state index is 12.7. The molecule has 0 bridgehead atoms. The molecule has 1 aromatic rings. The van der Waals surface area contributed by atoms with Crippen LogP contribution in [0, 0.1) is 6.92 Å². The third-order valence-corrected chi connectivity index (χ3v) is 5.41. The van der Waals surface area contributed by atoms with Crippen LogP contribution in [0.2, 0.25) is 0 Å². The molecule has 0 radical (unpaired) electrons. The van der Waals surface area contributed by atoms with E-state index in [2.05, 4.69) is 0 Å².